The van der Waals surface area contributed by atoms with E-state index >= 15 is 0 Å². The highest BCUT2D eigenvalue weighted by atomic mass is 16.5. The molecule has 0 saturated carbocycles. The lowest BCUT2D eigenvalue weighted by Crippen LogP contribution is -2.10. The topological polar surface area (TPSA) is 98.1 Å². The molecule has 0 saturated heterocycles. The lowest BCUT2D eigenvalue weighted by Gasteiger charge is -2.03. The van der Waals surface area contributed by atoms with Gasteiger partial charge in [0, 0.05) is 12.4 Å². The molecular formula is C15H18N2O5. The normalized spacial score (nSPS) is 12.0. The molecule has 22 heavy (non-hydrogen) atoms. The molecule has 0 amide bonds. The number of hydrogen-bond donors (Lipinski definition) is 1. The van der Waals surface area contributed by atoms with Gasteiger partial charge in [-0.25, -0.2) is 19.6 Å². The third-order valence-corrected chi connectivity index (χ3v) is 2.47. The highest BCUT2D eigenvalue weighted by Gasteiger charge is 2.12. The van der Waals surface area contributed by atoms with E-state index in [9.17, 15) is 14.7 Å². The number of allylic oxidation sites excluding steroid dienone is 1. The fourth-order valence-corrected chi connectivity index (χ4v) is 1.43. The molecule has 0 fully saturated rings. The van der Waals surface area contributed by atoms with Crippen molar-refractivity contribution in [1.82, 2.24) is 4.98 Å². The molecule has 0 aliphatic rings. The van der Waals surface area contributed by atoms with Gasteiger partial charge in [-0.1, -0.05) is 0 Å². The molecular weight excluding hydrogens is 288 g/mol. The summed E-state index contributed by atoms with van der Waals surface area (Å²) in [4.78, 5) is 31.0. The second-order valence-electron chi connectivity index (χ2n) is 4.10. The third kappa shape index (κ3) is 5.01. The number of aromatic nitrogens is 1. The number of carbonyl (C=O) groups is 2. The lowest BCUT2D eigenvalue weighted by molar-refractivity contribution is -0.138. The predicted octanol–water partition coefficient (Wildman–Crippen LogP) is 2.36. The van der Waals surface area contributed by atoms with Gasteiger partial charge >= 0.3 is 11.9 Å². The van der Waals surface area contributed by atoms with E-state index in [1.807, 2.05) is 0 Å². The second kappa shape index (κ2) is 8.56. The summed E-state index contributed by atoms with van der Waals surface area (Å²) in [7, 11) is 0. The molecule has 7 heteroatoms. The number of carbonyl (C=O) groups excluding carboxylic acids is 2. The maximum absolute atomic E-state index is 11.6. The van der Waals surface area contributed by atoms with Gasteiger partial charge in [-0.15, -0.1) is 0 Å². The molecule has 0 unspecified atom stereocenters. The molecule has 1 N–H and O–H groups in total. The summed E-state index contributed by atoms with van der Waals surface area (Å²) in [6.07, 6.45) is 2.49. The summed E-state index contributed by atoms with van der Waals surface area (Å²) in [6, 6.07) is 3.01. The average molecular weight is 306 g/mol. The van der Waals surface area contributed by atoms with Crippen molar-refractivity contribution in [3.05, 3.63) is 35.2 Å². The van der Waals surface area contributed by atoms with Gasteiger partial charge < -0.3 is 14.6 Å². The van der Waals surface area contributed by atoms with Crippen molar-refractivity contribution in [1.29, 1.82) is 0 Å². The molecule has 0 spiro atoms. The van der Waals surface area contributed by atoms with E-state index < -0.39 is 11.9 Å². The highest BCUT2D eigenvalue weighted by Crippen LogP contribution is 2.11. The summed E-state index contributed by atoms with van der Waals surface area (Å²) in [5.41, 5.74) is 0.249. The number of nitrogens with zero attached hydrogens (tertiary/aromatic N) is 2. The smallest absolute Gasteiger partial charge is 0.343 e. The maximum Gasteiger partial charge on any atom is 0.343 e. The lowest BCUT2D eigenvalue weighted by atomic mass is 10.2. The van der Waals surface area contributed by atoms with Crippen LogP contribution in [0, 0.1) is 0 Å². The summed E-state index contributed by atoms with van der Waals surface area (Å²) in [5.74, 6) is -1.07. The summed E-state index contributed by atoms with van der Waals surface area (Å²) in [5, 5.41) is 9.47. The number of esters is 2. The van der Waals surface area contributed by atoms with Gasteiger partial charge in [-0.05, 0) is 32.9 Å². The minimum absolute atomic E-state index is 0.0573. The number of aliphatic hydroxyl groups is 1. The van der Waals surface area contributed by atoms with Crippen LogP contribution >= 0.6 is 0 Å². The molecule has 1 aromatic heterocycles. The Kier molecular flexibility index (Phi) is 6.75. The van der Waals surface area contributed by atoms with E-state index in [0.29, 0.717) is 5.56 Å². The Morgan fingerprint density at radius 1 is 1.27 bits per heavy atom. The molecule has 0 bridgehead atoms. The number of aliphatic hydroxyl groups excluding tert-OH is 1. The van der Waals surface area contributed by atoms with Crippen LogP contribution in [0.5, 0.6) is 0 Å². The molecule has 1 rings (SSSR count). The van der Waals surface area contributed by atoms with E-state index in [1.54, 1.807) is 13.8 Å². The number of ether oxygens (including phenoxy) is 2. The summed E-state index contributed by atoms with van der Waals surface area (Å²) in [6.45, 7) is 5.20. The van der Waals surface area contributed by atoms with Crippen LogP contribution in [0.15, 0.2) is 34.7 Å². The number of aliphatic imine (C=N–C) groups is 1. The van der Waals surface area contributed by atoms with Crippen LogP contribution in [0.1, 0.15) is 31.1 Å². The van der Waals surface area contributed by atoms with Crippen LogP contribution in [-0.4, -0.2) is 41.5 Å². The average Bonchev–Trinajstić information content (AvgIpc) is 2.48. The minimum Gasteiger partial charge on any atom is -0.512 e. The quantitative estimate of drug-likeness (QED) is 0.375. The van der Waals surface area contributed by atoms with Crippen molar-refractivity contribution >= 4 is 24.0 Å². The Hall–Kier alpha value is -2.70. The van der Waals surface area contributed by atoms with Crippen LogP contribution < -0.4 is 0 Å². The van der Waals surface area contributed by atoms with E-state index in [4.69, 9.17) is 9.47 Å². The number of pyridine rings is 1. The molecule has 0 aromatic carbocycles. The molecule has 7 nitrogen and oxygen atoms in total. The number of hydrogen-bond acceptors (Lipinski definition) is 7. The van der Waals surface area contributed by atoms with Crippen molar-refractivity contribution in [2.75, 3.05) is 13.2 Å². The molecule has 0 aliphatic heterocycles. The first kappa shape index (κ1) is 17.4. The fourth-order valence-electron chi connectivity index (χ4n) is 1.43. The Labute approximate surface area is 128 Å². The van der Waals surface area contributed by atoms with E-state index in [0.717, 1.165) is 0 Å². The van der Waals surface area contributed by atoms with Crippen molar-refractivity contribution in [2.45, 2.75) is 20.8 Å². The summed E-state index contributed by atoms with van der Waals surface area (Å²) < 4.78 is 9.64. The first-order valence-corrected chi connectivity index (χ1v) is 6.73. The zero-order valence-corrected chi connectivity index (χ0v) is 12.7. The first-order valence-electron chi connectivity index (χ1n) is 6.73. The number of rotatable bonds is 6. The van der Waals surface area contributed by atoms with Gasteiger partial charge in [-0.3, -0.25) is 0 Å². The zero-order valence-electron chi connectivity index (χ0n) is 12.7. The van der Waals surface area contributed by atoms with Crippen molar-refractivity contribution in [3.63, 3.8) is 0 Å². The molecule has 0 aliphatic carbocycles. The maximum atomic E-state index is 11.6. The fraction of sp³-hybridized carbons (Fsp3) is 0.333. The zero-order chi connectivity index (χ0) is 16.5. The van der Waals surface area contributed by atoms with Gasteiger partial charge in [-0.2, -0.15) is 0 Å². The van der Waals surface area contributed by atoms with Crippen molar-refractivity contribution < 1.29 is 24.2 Å². The highest BCUT2D eigenvalue weighted by molar-refractivity contribution is 6.10. The second-order valence-corrected chi connectivity index (χ2v) is 4.10. The Balaban J connectivity index is 2.87. The van der Waals surface area contributed by atoms with Crippen LogP contribution in [0.4, 0.5) is 5.82 Å². The predicted molar refractivity (Wildman–Crippen MR) is 80.3 cm³/mol. The van der Waals surface area contributed by atoms with Gasteiger partial charge in [0.2, 0.25) is 0 Å². The molecule has 0 atom stereocenters. The van der Waals surface area contributed by atoms with Crippen molar-refractivity contribution in [2.24, 2.45) is 4.99 Å². The Morgan fingerprint density at radius 2 is 1.95 bits per heavy atom. The van der Waals surface area contributed by atoms with Crippen LogP contribution in [0.3, 0.4) is 0 Å². The molecule has 118 valence electrons. The molecule has 1 aromatic rings. The van der Waals surface area contributed by atoms with E-state index in [-0.39, 0.29) is 30.4 Å². The van der Waals surface area contributed by atoms with Crippen LogP contribution in [-0.2, 0) is 14.3 Å². The minimum atomic E-state index is -0.672. The third-order valence-electron chi connectivity index (χ3n) is 2.47. The first-order chi connectivity index (χ1) is 10.5. The SMILES string of the molecule is CCOC(=O)/C(C=Nc1ccc(C(=O)OCC)cn1)=C(\C)O. The van der Waals surface area contributed by atoms with Gasteiger partial charge in [0.15, 0.2) is 5.82 Å². The van der Waals surface area contributed by atoms with Crippen LogP contribution in [0.2, 0.25) is 0 Å². The Bertz CT molecular complexity index is 586. The van der Waals surface area contributed by atoms with Gasteiger partial charge in [0.25, 0.3) is 0 Å². The van der Waals surface area contributed by atoms with Crippen molar-refractivity contribution in [3.8, 4) is 0 Å². The standard InChI is InChI=1S/C15H18N2O5/c1-4-21-14(19)11-6-7-13(16-8-11)17-9-12(10(3)18)15(20)22-5-2/h6-9,18H,4-5H2,1-3H3/b12-10+,17-9?. The van der Waals surface area contributed by atoms with Gasteiger partial charge in [0.1, 0.15) is 11.3 Å². The summed E-state index contributed by atoms with van der Waals surface area (Å²) >= 11 is 0. The molecule has 0 radical (unpaired) electrons. The van der Waals surface area contributed by atoms with Gasteiger partial charge in [0.05, 0.1) is 18.8 Å². The largest absolute Gasteiger partial charge is 0.512 e. The molecule has 1 heterocycles. The van der Waals surface area contributed by atoms with E-state index in [2.05, 4.69) is 9.98 Å². The van der Waals surface area contributed by atoms with E-state index in [1.165, 1.54) is 31.5 Å². The van der Waals surface area contributed by atoms with Crippen LogP contribution in [0.25, 0.3) is 0 Å². The monoisotopic (exact) mass is 306 g/mol. The Morgan fingerprint density at radius 3 is 2.45 bits per heavy atom.